The van der Waals surface area contributed by atoms with Gasteiger partial charge < -0.3 is 15.0 Å². The highest BCUT2D eigenvalue weighted by atomic mass is 19.4. The minimum Gasteiger partial charge on any atom is -0.383 e. The molecule has 9 heteroatoms. The zero-order valence-corrected chi connectivity index (χ0v) is 17.4. The third-order valence-electron chi connectivity index (χ3n) is 7.70. The molecule has 2 N–H and O–H groups in total. The van der Waals surface area contributed by atoms with Crippen LogP contribution in [-0.2, 0) is 17.3 Å². The molecular formula is C22H26F3N5O. The van der Waals surface area contributed by atoms with E-state index in [4.69, 9.17) is 15.5 Å². The van der Waals surface area contributed by atoms with Gasteiger partial charge in [-0.2, -0.15) is 13.2 Å². The first kappa shape index (κ1) is 19.5. The van der Waals surface area contributed by atoms with Gasteiger partial charge in [0.2, 0.25) is 0 Å². The van der Waals surface area contributed by atoms with E-state index in [1.807, 2.05) is 6.20 Å². The Labute approximate surface area is 178 Å². The van der Waals surface area contributed by atoms with Crippen molar-refractivity contribution < 1.29 is 17.9 Å². The van der Waals surface area contributed by atoms with Gasteiger partial charge in [0.1, 0.15) is 11.6 Å². The Morgan fingerprint density at radius 1 is 1.29 bits per heavy atom. The summed E-state index contributed by atoms with van der Waals surface area (Å²) in [7, 11) is 0. The SMILES string of the molecule is CC12CN(C3COC3)C[C@H]1[C@@H]2n1cc(-c2cnc(N)c(C(F)(F)F)c2)nc1CC1CC1. The van der Waals surface area contributed by atoms with Crippen LogP contribution in [0.15, 0.2) is 18.5 Å². The van der Waals surface area contributed by atoms with Gasteiger partial charge in [-0.05, 0) is 24.8 Å². The lowest BCUT2D eigenvalue weighted by Crippen LogP contribution is -2.49. The molecule has 6 rings (SSSR count). The standard InChI is InChI=1S/C22H26F3N5O/c1-21-11-29(14-9-31-10-14)7-16(21)19(21)30-8-17(28-18(30)4-12-2-3-12)13-5-15(22(23,24)25)20(26)27-6-13/h5-6,8,12,14,16,19H,2-4,7,9-11H2,1H3,(H2,26,27)/t16-,19-,21?/m0/s1. The molecular weight excluding hydrogens is 407 g/mol. The van der Waals surface area contributed by atoms with E-state index in [1.54, 1.807) is 0 Å². The summed E-state index contributed by atoms with van der Waals surface area (Å²) in [5, 5.41) is 0. The number of aromatic nitrogens is 3. The monoisotopic (exact) mass is 433 g/mol. The second kappa shape index (κ2) is 6.45. The average molecular weight is 433 g/mol. The summed E-state index contributed by atoms with van der Waals surface area (Å²) < 4.78 is 47.6. The Hall–Kier alpha value is -2.13. The first-order valence-electron chi connectivity index (χ1n) is 11.0. The number of likely N-dealkylation sites (tertiary alicyclic amines) is 1. The Morgan fingerprint density at radius 3 is 2.65 bits per heavy atom. The van der Waals surface area contributed by atoms with Gasteiger partial charge >= 0.3 is 6.18 Å². The molecule has 2 aliphatic carbocycles. The van der Waals surface area contributed by atoms with Gasteiger partial charge in [-0.3, -0.25) is 4.90 Å². The highest BCUT2D eigenvalue weighted by Gasteiger charge is 2.68. The highest BCUT2D eigenvalue weighted by molar-refractivity contribution is 5.62. The molecule has 4 aliphatic rings. The highest BCUT2D eigenvalue weighted by Crippen LogP contribution is 2.67. The van der Waals surface area contributed by atoms with E-state index in [1.165, 1.54) is 19.0 Å². The number of piperidine rings is 1. The predicted octanol–water partition coefficient (Wildman–Crippen LogP) is 3.39. The fourth-order valence-corrected chi connectivity index (χ4v) is 5.52. The van der Waals surface area contributed by atoms with E-state index in [2.05, 4.69) is 21.4 Å². The lowest BCUT2D eigenvalue weighted by Gasteiger charge is -2.36. The molecule has 2 aliphatic heterocycles. The zero-order valence-electron chi connectivity index (χ0n) is 17.4. The number of ether oxygens (including phenoxy) is 1. The van der Waals surface area contributed by atoms with Gasteiger partial charge in [0.15, 0.2) is 0 Å². The van der Waals surface area contributed by atoms with Gasteiger partial charge in [0, 0.05) is 54.8 Å². The van der Waals surface area contributed by atoms with E-state index < -0.39 is 17.6 Å². The fraction of sp³-hybridized carbons (Fsp3) is 0.636. The molecule has 4 heterocycles. The summed E-state index contributed by atoms with van der Waals surface area (Å²) in [6, 6.07) is 1.96. The number of imidazole rings is 1. The van der Waals surface area contributed by atoms with Crippen molar-refractivity contribution in [1.82, 2.24) is 19.4 Å². The second-order valence-corrected chi connectivity index (χ2v) is 9.93. The number of nitrogens with zero attached hydrogens (tertiary/aromatic N) is 4. The van der Waals surface area contributed by atoms with Crippen molar-refractivity contribution in [2.45, 2.75) is 44.4 Å². The van der Waals surface area contributed by atoms with Gasteiger partial charge in [0.05, 0.1) is 30.5 Å². The van der Waals surface area contributed by atoms with Crippen molar-refractivity contribution in [3.63, 3.8) is 0 Å². The Balaban J connectivity index is 1.32. The smallest absolute Gasteiger partial charge is 0.383 e. The van der Waals surface area contributed by atoms with Gasteiger partial charge in [-0.1, -0.05) is 6.92 Å². The van der Waals surface area contributed by atoms with E-state index in [9.17, 15) is 13.2 Å². The number of rotatable bonds is 5. The number of nitrogens with two attached hydrogens (primary N) is 1. The molecule has 0 amide bonds. The van der Waals surface area contributed by atoms with Gasteiger partial charge in [-0.25, -0.2) is 9.97 Å². The maximum atomic E-state index is 13.3. The summed E-state index contributed by atoms with van der Waals surface area (Å²) >= 11 is 0. The summed E-state index contributed by atoms with van der Waals surface area (Å²) in [5.41, 5.74) is 5.67. The van der Waals surface area contributed by atoms with Crippen LogP contribution in [0.25, 0.3) is 11.3 Å². The van der Waals surface area contributed by atoms with E-state index in [0.29, 0.717) is 35.2 Å². The van der Waals surface area contributed by atoms with Crippen LogP contribution in [0.3, 0.4) is 0 Å². The molecule has 1 unspecified atom stereocenters. The maximum Gasteiger partial charge on any atom is 0.419 e. The predicted molar refractivity (Wildman–Crippen MR) is 108 cm³/mol. The first-order valence-corrected chi connectivity index (χ1v) is 11.0. The second-order valence-electron chi connectivity index (χ2n) is 9.93. The molecule has 31 heavy (non-hydrogen) atoms. The first-order chi connectivity index (χ1) is 14.7. The van der Waals surface area contributed by atoms with Crippen molar-refractivity contribution >= 4 is 5.82 Å². The normalized spacial score (nSPS) is 31.0. The average Bonchev–Trinajstić information content (AvgIpc) is 3.47. The van der Waals surface area contributed by atoms with Gasteiger partial charge in [-0.15, -0.1) is 0 Å². The molecule has 2 saturated carbocycles. The molecule has 3 atom stereocenters. The molecule has 2 aromatic heterocycles. The number of fused-ring (bicyclic) bond motifs is 1. The molecule has 6 nitrogen and oxygen atoms in total. The quantitative estimate of drug-likeness (QED) is 0.783. The third kappa shape index (κ3) is 3.16. The molecule has 0 aromatic carbocycles. The van der Waals surface area contributed by atoms with Crippen LogP contribution in [0.1, 0.15) is 37.2 Å². The van der Waals surface area contributed by atoms with Crippen molar-refractivity contribution in [2.24, 2.45) is 17.3 Å². The lowest BCUT2D eigenvalue weighted by molar-refractivity contribution is -0.137. The minimum absolute atomic E-state index is 0.183. The maximum absolute atomic E-state index is 13.3. The Kier molecular flexibility index (Phi) is 4.06. The molecule has 166 valence electrons. The summed E-state index contributed by atoms with van der Waals surface area (Å²) in [6.45, 7) is 6.05. The zero-order chi connectivity index (χ0) is 21.5. The number of hydrogen-bond acceptors (Lipinski definition) is 5. The van der Waals surface area contributed by atoms with Gasteiger partial charge in [0.25, 0.3) is 0 Å². The van der Waals surface area contributed by atoms with E-state index in [-0.39, 0.29) is 5.41 Å². The van der Waals surface area contributed by atoms with Crippen LogP contribution < -0.4 is 5.73 Å². The number of hydrogen-bond donors (Lipinski definition) is 1. The molecule has 2 aromatic rings. The van der Waals surface area contributed by atoms with Crippen molar-refractivity contribution in [1.29, 1.82) is 0 Å². The lowest BCUT2D eigenvalue weighted by atomic mass is 10.1. The van der Waals surface area contributed by atoms with Crippen LogP contribution in [0, 0.1) is 17.3 Å². The molecule has 0 spiro atoms. The number of nitrogen functional groups attached to an aromatic ring is 1. The van der Waals surface area contributed by atoms with Crippen molar-refractivity contribution in [2.75, 3.05) is 32.0 Å². The van der Waals surface area contributed by atoms with Crippen LogP contribution in [0.4, 0.5) is 19.0 Å². The molecule has 0 radical (unpaired) electrons. The summed E-state index contributed by atoms with van der Waals surface area (Å²) in [4.78, 5) is 11.1. The minimum atomic E-state index is -4.54. The summed E-state index contributed by atoms with van der Waals surface area (Å²) in [5.74, 6) is 1.67. The number of pyridine rings is 1. The Bertz CT molecular complexity index is 1030. The molecule has 0 bridgehead atoms. The van der Waals surface area contributed by atoms with Crippen LogP contribution in [-0.4, -0.2) is 51.8 Å². The van der Waals surface area contributed by atoms with Crippen molar-refractivity contribution in [3.8, 4) is 11.3 Å². The van der Waals surface area contributed by atoms with Crippen molar-refractivity contribution in [3.05, 3.63) is 29.8 Å². The number of alkyl halides is 3. The molecule has 2 saturated heterocycles. The number of anilines is 1. The molecule has 4 fully saturated rings. The number of halogens is 3. The Morgan fingerprint density at radius 2 is 2.06 bits per heavy atom. The van der Waals surface area contributed by atoms with Crippen LogP contribution in [0.2, 0.25) is 0 Å². The third-order valence-corrected chi connectivity index (χ3v) is 7.70. The van der Waals surface area contributed by atoms with Crippen LogP contribution in [0.5, 0.6) is 0 Å². The topological polar surface area (TPSA) is 69.2 Å². The van der Waals surface area contributed by atoms with E-state index in [0.717, 1.165) is 44.6 Å². The van der Waals surface area contributed by atoms with Crippen LogP contribution >= 0.6 is 0 Å². The fourth-order valence-electron chi connectivity index (χ4n) is 5.52. The summed E-state index contributed by atoms with van der Waals surface area (Å²) in [6.07, 6.45) is 2.08. The van der Waals surface area contributed by atoms with E-state index >= 15 is 0 Å². The largest absolute Gasteiger partial charge is 0.419 e.